The molecule has 2 atom stereocenters. The number of rotatable bonds is 25. The molecule has 0 bridgehead atoms. The van der Waals surface area contributed by atoms with E-state index in [2.05, 4.69) is 55.6 Å². The van der Waals surface area contributed by atoms with E-state index in [0.717, 1.165) is 77.0 Å². The molecule has 0 fully saturated rings. The van der Waals surface area contributed by atoms with Gasteiger partial charge in [-0.05, 0) is 83.6 Å². The van der Waals surface area contributed by atoms with E-state index in [-0.39, 0.29) is 18.0 Å². The number of carbonyl (C=O) groups excluding carboxylic acids is 2. The van der Waals surface area contributed by atoms with Gasteiger partial charge < -0.3 is 20.9 Å². The van der Waals surface area contributed by atoms with Crippen LogP contribution >= 0.6 is 0 Å². The van der Waals surface area contributed by atoms with Crippen LogP contribution in [0.5, 0.6) is 0 Å². The van der Waals surface area contributed by atoms with Crippen molar-refractivity contribution in [1.82, 2.24) is 5.32 Å². The number of ether oxygens (including phenoxy) is 1. The third-order valence-corrected chi connectivity index (χ3v) is 6.20. The molecule has 38 heavy (non-hydrogen) atoms. The molecular formula is C31H54N2O5. The molecule has 0 saturated carbocycles. The fourth-order valence-electron chi connectivity index (χ4n) is 4.04. The normalized spacial score (nSPS) is 13.3. The number of nitrogens with two attached hydrogens (primary N) is 1. The summed E-state index contributed by atoms with van der Waals surface area (Å²) in [6, 6.07) is -0.874. The van der Waals surface area contributed by atoms with Gasteiger partial charge in [-0.25, -0.2) is 4.79 Å². The minimum absolute atomic E-state index is 0.0672. The van der Waals surface area contributed by atoms with Gasteiger partial charge in [0.15, 0.2) is 0 Å². The monoisotopic (exact) mass is 534 g/mol. The molecular weight excluding hydrogens is 480 g/mol. The van der Waals surface area contributed by atoms with Crippen molar-refractivity contribution in [1.29, 1.82) is 0 Å². The number of carboxylic acids is 1. The zero-order chi connectivity index (χ0) is 28.3. The highest BCUT2D eigenvalue weighted by Gasteiger charge is 2.19. The number of nitrogens with one attached hydrogen (secondary N) is 1. The van der Waals surface area contributed by atoms with Gasteiger partial charge in [0.05, 0.1) is 0 Å². The average molecular weight is 535 g/mol. The average Bonchev–Trinajstić information content (AvgIpc) is 2.88. The maximum atomic E-state index is 12.3. The van der Waals surface area contributed by atoms with Gasteiger partial charge in [-0.1, -0.05) is 69.6 Å². The van der Waals surface area contributed by atoms with Crippen LogP contribution in [-0.2, 0) is 19.1 Å². The van der Waals surface area contributed by atoms with Crippen molar-refractivity contribution >= 4 is 17.8 Å². The number of unbranched alkanes of at least 4 members (excludes halogenated alkanes) is 5. The standard InChI is InChI=1S/C31H54N2O5/c1-3-5-6-7-8-9-10-11-12-13-14-15-19-25-30(35)38-27(21-4-2)22-17-16-18-24-29(34)33-28(31(36)37)23-20-26-32/h5-6,8-9,11-12,27-28H,3-4,7,10,13-26,32H2,1-2H3,(H,33,34)(H,36,37)/b6-5-,9-8-,12-11-. The number of aliphatic carboxylic acids is 1. The van der Waals surface area contributed by atoms with Crippen LogP contribution in [0.4, 0.5) is 0 Å². The highest BCUT2D eigenvalue weighted by molar-refractivity contribution is 5.83. The van der Waals surface area contributed by atoms with Crippen LogP contribution < -0.4 is 11.1 Å². The number of esters is 1. The Balaban J connectivity index is 3.96. The first-order valence-corrected chi connectivity index (χ1v) is 14.8. The molecule has 0 aromatic carbocycles. The first kappa shape index (κ1) is 35.6. The van der Waals surface area contributed by atoms with Gasteiger partial charge >= 0.3 is 11.9 Å². The number of carboxylic acid groups (broad SMARTS) is 1. The van der Waals surface area contributed by atoms with Gasteiger partial charge in [0.1, 0.15) is 12.1 Å². The van der Waals surface area contributed by atoms with Crippen molar-refractivity contribution < 1.29 is 24.2 Å². The van der Waals surface area contributed by atoms with E-state index >= 15 is 0 Å². The van der Waals surface area contributed by atoms with Crippen LogP contribution in [-0.4, -0.2) is 41.6 Å². The Kier molecular flexibility index (Phi) is 24.5. The third kappa shape index (κ3) is 22.8. The molecule has 0 rings (SSSR count). The molecule has 0 aromatic heterocycles. The van der Waals surface area contributed by atoms with Gasteiger partial charge in [-0.15, -0.1) is 0 Å². The molecule has 0 aromatic rings. The topological polar surface area (TPSA) is 119 Å². The SMILES string of the molecule is CC/C=C\C/C=C\C/C=C\CCCCCC(=O)OC(CCC)CCCCCC(=O)NC(CCCN)C(=O)O. The lowest BCUT2D eigenvalue weighted by molar-refractivity contribution is -0.150. The fraction of sp³-hybridized carbons (Fsp3) is 0.710. The van der Waals surface area contributed by atoms with Crippen molar-refractivity contribution in [2.24, 2.45) is 5.73 Å². The summed E-state index contributed by atoms with van der Waals surface area (Å²) >= 11 is 0. The zero-order valence-electron chi connectivity index (χ0n) is 24.0. The number of amides is 1. The fourth-order valence-corrected chi connectivity index (χ4v) is 4.04. The lowest BCUT2D eigenvalue weighted by atomic mass is 10.0. The molecule has 2 unspecified atom stereocenters. The van der Waals surface area contributed by atoms with Gasteiger partial charge in [-0.3, -0.25) is 9.59 Å². The molecule has 7 heteroatoms. The maximum absolute atomic E-state index is 12.3. The summed E-state index contributed by atoms with van der Waals surface area (Å²) in [7, 11) is 0. The van der Waals surface area contributed by atoms with E-state index in [4.69, 9.17) is 10.5 Å². The smallest absolute Gasteiger partial charge is 0.326 e. The molecule has 4 N–H and O–H groups in total. The van der Waals surface area contributed by atoms with Crippen molar-refractivity contribution in [3.8, 4) is 0 Å². The van der Waals surface area contributed by atoms with Crippen LogP contribution in [0.2, 0.25) is 0 Å². The summed E-state index contributed by atoms with van der Waals surface area (Å²) in [4.78, 5) is 35.6. The van der Waals surface area contributed by atoms with Crippen LogP contribution in [0.25, 0.3) is 0 Å². The number of allylic oxidation sites excluding steroid dienone is 6. The summed E-state index contributed by atoms with van der Waals surface area (Å²) in [6.45, 7) is 4.62. The summed E-state index contributed by atoms with van der Waals surface area (Å²) in [6.07, 6.45) is 26.8. The minimum Gasteiger partial charge on any atom is -0.480 e. The Morgan fingerprint density at radius 1 is 0.789 bits per heavy atom. The van der Waals surface area contributed by atoms with Crippen molar-refractivity contribution in [3.05, 3.63) is 36.5 Å². The Labute approximate surface area is 231 Å². The van der Waals surface area contributed by atoms with Crippen molar-refractivity contribution in [3.63, 3.8) is 0 Å². The number of hydrogen-bond donors (Lipinski definition) is 3. The maximum Gasteiger partial charge on any atom is 0.326 e. The first-order chi connectivity index (χ1) is 18.4. The van der Waals surface area contributed by atoms with E-state index in [1.165, 1.54) is 0 Å². The Hall–Kier alpha value is -2.41. The number of carbonyl (C=O) groups is 3. The predicted molar refractivity (Wildman–Crippen MR) is 156 cm³/mol. The molecule has 0 aliphatic rings. The molecule has 0 aliphatic carbocycles. The summed E-state index contributed by atoms with van der Waals surface area (Å²) in [5, 5.41) is 11.8. The molecule has 1 amide bonds. The second-order valence-electron chi connectivity index (χ2n) is 9.78. The predicted octanol–water partition coefficient (Wildman–Crippen LogP) is 6.77. The van der Waals surface area contributed by atoms with E-state index in [1.54, 1.807) is 0 Å². The van der Waals surface area contributed by atoms with Gasteiger partial charge in [0.2, 0.25) is 5.91 Å². The van der Waals surface area contributed by atoms with Crippen molar-refractivity contribution in [2.75, 3.05) is 6.54 Å². The largest absolute Gasteiger partial charge is 0.480 e. The summed E-state index contributed by atoms with van der Waals surface area (Å²) < 4.78 is 5.72. The Morgan fingerprint density at radius 2 is 1.45 bits per heavy atom. The van der Waals surface area contributed by atoms with E-state index in [1.807, 2.05) is 0 Å². The lowest BCUT2D eigenvalue weighted by Crippen LogP contribution is -2.40. The van der Waals surface area contributed by atoms with E-state index < -0.39 is 12.0 Å². The van der Waals surface area contributed by atoms with Crippen molar-refractivity contribution in [2.45, 2.75) is 135 Å². The van der Waals surface area contributed by atoms with Gasteiger partial charge in [-0.2, -0.15) is 0 Å². The second-order valence-corrected chi connectivity index (χ2v) is 9.78. The summed E-state index contributed by atoms with van der Waals surface area (Å²) in [5.41, 5.74) is 5.43. The third-order valence-electron chi connectivity index (χ3n) is 6.20. The molecule has 0 saturated heterocycles. The lowest BCUT2D eigenvalue weighted by Gasteiger charge is -2.17. The minimum atomic E-state index is -1.03. The quantitative estimate of drug-likeness (QED) is 0.0676. The highest BCUT2D eigenvalue weighted by Crippen LogP contribution is 2.15. The van der Waals surface area contributed by atoms with E-state index in [0.29, 0.717) is 38.6 Å². The van der Waals surface area contributed by atoms with Gasteiger partial charge in [0.25, 0.3) is 0 Å². The molecule has 7 nitrogen and oxygen atoms in total. The molecule has 0 radical (unpaired) electrons. The summed E-state index contributed by atoms with van der Waals surface area (Å²) in [5.74, 6) is -1.38. The van der Waals surface area contributed by atoms with Gasteiger partial charge in [0, 0.05) is 12.8 Å². The highest BCUT2D eigenvalue weighted by atomic mass is 16.5. The van der Waals surface area contributed by atoms with Crippen LogP contribution in [0, 0.1) is 0 Å². The van der Waals surface area contributed by atoms with E-state index in [9.17, 15) is 19.5 Å². The Bertz CT molecular complexity index is 702. The molecule has 218 valence electrons. The zero-order valence-corrected chi connectivity index (χ0v) is 24.0. The molecule has 0 heterocycles. The second kappa shape index (κ2) is 26.2. The van der Waals surface area contributed by atoms with Crippen LogP contribution in [0.15, 0.2) is 36.5 Å². The van der Waals surface area contributed by atoms with Crippen LogP contribution in [0.3, 0.4) is 0 Å². The molecule has 0 aliphatic heterocycles. The molecule has 0 spiro atoms. The Morgan fingerprint density at radius 3 is 2.11 bits per heavy atom. The first-order valence-electron chi connectivity index (χ1n) is 14.8. The number of hydrogen-bond acceptors (Lipinski definition) is 5. The van der Waals surface area contributed by atoms with Crippen LogP contribution in [0.1, 0.15) is 123 Å².